The molecule has 1 aliphatic rings. The van der Waals surface area contributed by atoms with Crippen molar-refractivity contribution in [1.29, 1.82) is 0 Å². The zero-order chi connectivity index (χ0) is 16.1. The van der Waals surface area contributed by atoms with Gasteiger partial charge in [-0.2, -0.15) is 0 Å². The number of methoxy groups -OCH3 is 1. The van der Waals surface area contributed by atoms with Crippen molar-refractivity contribution in [2.75, 3.05) is 20.3 Å². The molecule has 2 N–H and O–H groups in total. The Morgan fingerprint density at radius 3 is 2.64 bits per heavy atom. The highest BCUT2D eigenvalue weighted by atomic mass is 16.5. The highest BCUT2D eigenvalue weighted by Gasteiger charge is 2.30. The quantitative estimate of drug-likeness (QED) is 0.879. The first-order valence-corrected chi connectivity index (χ1v) is 7.88. The molecule has 5 heteroatoms. The number of carbonyl (C=O) groups is 1. The van der Waals surface area contributed by atoms with Gasteiger partial charge in [-0.05, 0) is 36.5 Å². The molecule has 0 saturated carbocycles. The molecule has 1 aromatic rings. The van der Waals surface area contributed by atoms with E-state index in [2.05, 4.69) is 19.2 Å². The molecular formula is C17H26N2O3. The lowest BCUT2D eigenvalue weighted by Crippen LogP contribution is -2.46. The smallest absolute Gasteiger partial charge is 0.318 e. The number of ether oxygens (including phenoxy) is 1. The monoisotopic (exact) mass is 306 g/mol. The minimum absolute atomic E-state index is 0.0301. The average Bonchev–Trinajstić information content (AvgIpc) is 3.01. The topological polar surface area (TPSA) is 61.8 Å². The molecule has 1 fully saturated rings. The van der Waals surface area contributed by atoms with Crippen LogP contribution in [0, 0.1) is 5.92 Å². The van der Waals surface area contributed by atoms with Crippen molar-refractivity contribution >= 4 is 6.03 Å². The van der Waals surface area contributed by atoms with E-state index in [1.54, 1.807) is 12.0 Å². The van der Waals surface area contributed by atoms with Crippen LogP contribution in [0.25, 0.3) is 0 Å². The lowest BCUT2D eigenvalue weighted by atomic mass is 9.96. The molecule has 1 saturated heterocycles. The Hall–Kier alpha value is -1.75. The molecule has 1 unspecified atom stereocenters. The fraction of sp³-hybridized carbons (Fsp3) is 0.588. The molecule has 0 bridgehead atoms. The van der Waals surface area contributed by atoms with Crippen LogP contribution in [-0.4, -0.2) is 42.3 Å². The Morgan fingerprint density at radius 2 is 2.09 bits per heavy atom. The number of aliphatic hydroxyl groups excluding tert-OH is 1. The van der Waals surface area contributed by atoms with Gasteiger partial charge in [-0.25, -0.2) is 4.79 Å². The standard InChI is InChI=1S/C17H26N2O3/c1-12(2)16(13-6-8-15(22-3)9-7-13)18-17(21)19-10-4-5-14(19)11-20/h6-9,12,14,16,20H,4-5,10-11H2,1-3H3,(H,18,21)/t14-,16?/m0/s1. The van der Waals surface area contributed by atoms with E-state index in [0.29, 0.717) is 6.54 Å². The Morgan fingerprint density at radius 1 is 1.41 bits per heavy atom. The summed E-state index contributed by atoms with van der Waals surface area (Å²) in [7, 11) is 1.64. The van der Waals surface area contributed by atoms with E-state index in [4.69, 9.17) is 4.74 Å². The summed E-state index contributed by atoms with van der Waals surface area (Å²) in [6, 6.07) is 7.58. The number of aliphatic hydroxyl groups is 1. The minimum atomic E-state index is -0.0916. The molecule has 0 spiro atoms. The highest BCUT2D eigenvalue weighted by molar-refractivity contribution is 5.75. The maximum atomic E-state index is 12.5. The summed E-state index contributed by atoms with van der Waals surface area (Å²) >= 11 is 0. The van der Waals surface area contributed by atoms with Gasteiger partial charge in [0.05, 0.1) is 25.8 Å². The summed E-state index contributed by atoms with van der Waals surface area (Å²) < 4.78 is 5.18. The van der Waals surface area contributed by atoms with Gasteiger partial charge in [0.15, 0.2) is 0 Å². The highest BCUT2D eigenvalue weighted by Crippen LogP contribution is 2.25. The number of benzene rings is 1. The van der Waals surface area contributed by atoms with Gasteiger partial charge in [0.2, 0.25) is 0 Å². The second-order valence-electron chi connectivity index (χ2n) is 6.12. The summed E-state index contributed by atoms with van der Waals surface area (Å²) in [5.74, 6) is 1.07. The number of likely N-dealkylation sites (tertiary alicyclic amines) is 1. The number of nitrogens with one attached hydrogen (secondary N) is 1. The minimum Gasteiger partial charge on any atom is -0.497 e. The number of hydrogen-bond donors (Lipinski definition) is 2. The van der Waals surface area contributed by atoms with Crippen LogP contribution < -0.4 is 10.1 Å². The Kier molecular flexibility index (Phi) is 5.66. The van der Waals surface area contributed by atoms with Crippen LogP contribution in [0.3, 0.4) is 0 Å². The largest absolute Gasteiger partial charge is 0.497 e. The van der Waals surface area contributed by atoms with Crippen molar-refractivity contribution in [1.82, 2.24) is 10.2 Å². The first kappa shape index (κ1) is 16.6. The van der Waals surface area contributed by atoms with E-state index in [-0.39, 0.29) is 30.6 Å². The molecule has 1 aliphatic heterocycles. The molecule has 2 rings (SSSR count). The van der Waals surface area contributed by atoms with Crippen LogP contribution in [0.4, 0.5) is 4.79 Å². The summed E-state index contributed by atoms with van der Waals surface area (Å²) in [4.78, 5) is 14.3. The molecule has 0 aromatic heterocycles. The average molecular weight is 306 g/mol. The maximum absolute atomic E-state index is 12.5. The van der Waals surface area contributed by atoms with Gasteiger partial charge >= 0.3 is 6.03 Å². The SMILES string of the molecule is COc1ccc(C(NC(=O)N2CCC[C@H]2CO)C(C)C)cc1. The van der Waals surface area contributed by atoms with Crippen LogP contribution >= 0.6 is 0 Å². The van der Waals surface area contributed by atoms with E-state index < -0.39 is 0 Å². The Balaban J connectivity index is 2.09. The molecule has 22 heavy (non-hydrogen) atoms. The molecule has 122 valence electrons. The maximum Gasteiger partial charge on any atom is 0.318 e. The summed E-state index contributed by atoms with van der Waals surface area (Å²) in [5, 5.41) is 12.5. The second kappa shape index (κ2) is 7.49. The first-order valence-electron chi connectivity index (χ1n) is 7.88. The first-order chi connectivity index (χ1) is 10.6. The van der Waals surface area contributed by atoms with E-state index in [1.165, 1.54) is 0 Å². The Bertz CT molecular complexity index is 487. The molecule has 2 amide bonds. The Labute approximate surface area is 132 Å². The van der Waals surface area contributed by atoms with E-state index in [9.17, 15) is 9.90 Å². The third kappa shape index (κ3) is 3.71. The van der Waals surface area contributed by atoms with Crippen molar-refractivity contribution in [3.8, 4) is 5.75 Å². The molecule has 5 nitrogen and oxygen atoms in total. The van der Waals surface area contributed by atoms with Crippen molar-refractivity contribution in [3.05, 3.63) is 29.8 Å². The number of amides is 2. The van der Waals surface area contributed by atoms with Gasteiger partial charge in [0.25, 0.3) is 0 Å². The third-order valence-corrected chi connectivity index (χ3v) is 4.27. The number of hydrogen-bond acceptors (Lipinski definition) is 3. The zero-order valence-electron chi connectivity index (χ0n) is 13.6. The van der Waals surface area contributed by atoms with E-state index in [1.807, 2.05) is 24.3 Å². The number of nitrogens with zero attached hydrogens (tertiary/aromatic N) is 1. The van der Waals surface area contributed by atoms with Gasteiger partial charge in [-0.1, -0.05) is 26.0 Å². The summed E-state index contributed by atoms with van der Waals surface area (Å²) in [5.41, 5.74) is 1.06. The second-order valence-corrected chi connectivity index (χ2v) is 6.12. The van der Waals surface area contributed by atoms with Crippen LogP contribution in [0.15, 0.2) is 24.3 Å². The molecule has 2 atom stereocenters. The molecule has 1 heterocycles. The van der Waals surface area contributed by atoms with Gasteiger partial charge in [0, 0.05) is 6.54 Å². The fourth-order valence-electron chi connectivity index (χ4n) is 2.95. The van der Waals surface area contributed by atoms with Crippen molar-refractivity contribution in [3.63, 3.8) is 0 Å². The predicted molar refractivity (Wildman–Crippen MR) is 85.9 cm³/mol. The van der Waals surface area contributed by atoms with Gasteiger partial charge < -0.3 is 20.1 Å². The summed E-state index contributed by atoms with van der Waals surface area (Å²) in [6.45, 7) is 4.91. The van der Waals surface area contributed by atoms with Crippen LogP contribution in [-0.2, 0) is 0 Å². The van der Waals surface area contributed by atoms with Crippen molar-refractivity contribution in [2.45, 2.75) is 38.8 Å². The van der Waals surface area contributed by atoms with Crippen LogP contribution in [0.2, 0.25) is 0 Å². The van der Waals surface area contributed by atoms with Gasteiger partial charge in [0.1, 0.15) is 5.75 Å². The molecule has 0 aliphatic carbocycles. The fourth-order valence-corrected chi connectivity index (χ4v) is 2.95. The number of urea groups is 1. The lowest BCUT2D eigenvalue weighted by molar-refractivity contribution is 0.152. The predicted octanol–water partition coefficient (Wildman–Crippen LogP) is 2.56. The zero-order valence-corrected chi connectivity index (χ0v) is 13.6. The number of rotatable bonds is 5. The van der Waals surface area contributed by atoms with Crippen molar-refractivity contribution < 1.29 is 14.6 Å². The summed E-state index contributed by atoms with van der Waals surface area (Å²) in [6.07, 6.45) is 1.83. The van der Waals surface area contributed by atoms with Gasteiger partial charge in [-0.15, -0.1) is 0 Å². The lowest BCUT2D eigenvalue weighted by Gasteiger charge is -2.29. The van der Waals surface area contributed by atoms with Crippen molar-refractivity contribution in [2.24, 2.45) is 5.92 Å². The van der Waals surface area contributed by atoms with E-state index in [0.717, 1.165) is 24.2 Å². The third-order valence-electron chi connectivity index (χ3n) is 4.27. The number of carbonyl (C=O) groups excluding carboxylic acids is 1. The van der Waals surface area contributed by atoms with Crippen LogP contribution in [0.5, 0.6) is 5.75 Å². The van der Waals surface area contributed by atoms with Gasteiger partial charge in [-0.3, -0.25) is 0 Å². The normalized spacial score (nSPS) is 19.3. The van der Waals surface area contributed by atoms with E-state index >= 15 is 0 Å². The molecule has 1 aromatic carbocycles. The molecular weight excluding hydrogens is 280 g/mol. The molecule has 0 radical (unpaired) electrons. The van der Waals surface area contributed by atoms with Crippen LogP contribution in [0.1, 0.15) is 38.3 Å².